The molecular formula is C22H43InN2. The van der Waals surface area contributed by atoms with Crippen LogP contribution in [-0.2, 0) is 0 Å². The summed E-state index contributed by atoms with van der Waals surface area (Å²) in [6.07, 6.45) is 16.1. The second kappa shape index (κ2) is 14.8. The molecule has 3 heteroatoms. The quantitative estimate of drug-likeness (QED) is 0.399. The first-order valence-corrected chi connectivity index (χ1v) is 16.9. The first-order valence-electron chi connectivity index (χ1n) is 10.3. The van der Waals surface area contributed by atoms with Gasteiger partial charge in [0.15, 0.2) is 0 Å². The third-order valence-electron chi connectivity index (χ3n) is 4.73. The molecule has 25 heavy (non-hydrogen) atoms. The van der Waals surface area contributed by atoms with E-state index >= 15 is 0 Å². The summed E-state index contributed by atoms with van der Waals surface area (Å²) in [5.41, 5.74) is 3.19. The van der Waals surface area contributed by atoms with Gasteiger partial charge in [0.1, 0.15) is 0 Å². The summed E-state index contributed by atoms with van der Waals surface area (Å²) >= 11 is -1.51. The van der Waals surface area contributed by atoms with Gasteiger partial charge in [0.25, 0.3) is 0 Å². The van der Waals surface area contributed by atoms with Gasteiger partial charge < -0.3 is 0 Å². The monoisotopic (exact) mass is 450 g/mol. The Morgan fingerprint density at radius 3 is 1.84 bits per heavy atom. The van der Waals surface area contributed by atoms with Crippen LogP contribution in [0.25, 0.3) is 0 Å². The van der Waals surface area contributed by atoms with Crippen molar-refractivity contribution in [1.82, 2.24) is 9.80 Å². The first kappa shape index (κ1) is 24.7. The van der Waals surface area contributed by atoms with Crippen LogP contribution < -0.4 is 0 Å². The summed E-state index contributed by atoms with van der Waals surface area (Å²) in [5.74, 6) is 0. The van der Waals surface area contributed by atoms with E-state index < -0.39 is 21.4 Å². The topological polar surface area (TPSA) is 6.48 Å². The number of rotatable bonds is 8. The maximum absolute atomic E-state index is 2.41. The third-order valence-corrected chi connectivity index (χ3v) is 15.7. The average molecular weight is 450 g/mol. The predicted octanol–water partition coefficient (Wildman–Crippen LogP) is 6.33. The van der Waals surface area contributed by atoms with Crippen molar-refractivity contribution < 1.29 is 0 Å². The van der Waals surface area contributed by atoms with Crippen molar-refractivity contribution >= 4 is 21.4 Å². The van der Waals surface area contributed by atoms with Gasteiger partial charge in [0.05, 0.1) is 0 Å². The molecule has 0 radical (unpaired) electrons. The molecule has 0 spiro atoms. The van der Waals surface area contributed by atoms with Crippen LogP contribution in [-0.4, -0.2) is 59.4 Å². The molecule has 0 saturated carbocycles. The maximum atomic E-state index is 2.41. The molecule has 1 aliphatic carbocycles. The molecule has 0 aromatic heterocycles. The predicted molar refractivity (Wildman–Crippen MR) is 118 cm³/mol. The summed E-state index contributed by atoms with van der Waals surface area (Å²) in [6.45, 7) is 9.28. The molecule has 1 rings (SSSR count). The van der Waals surface area contributed by atoms with Crippen LogP contribution >= 0.6 is 0 Å². The van der Waals surface area contributed by atoms with Crippen LogP contribution in [0.15, 0.2) is 35.7 Å². The van der Waals surface area contributed by atoms with E-state index in [0.717, 1.165) is 10.1 Å². The van der Waals surface area contributed by atoms with E-state index in [2.05, 4.69) is 90.2 Å². The van der Waals surface area contributed by atoms with E-state index in [1.54, 1.807) is 11.1 Å². The van der Waals surface area contributed by atoms with Gasteiger partial charge >= 0.3 is 127 Å². The molecule has 2 nitrogen and oxygen atoms in total. The molecule has 0 aliphatic heterocycles. The zero-order valence-electron chi connectivity index (χ0n) is 18.3. The van der Waals surface area contributed by atoms with Crippen LogP contribution in [0.1, 0.15) is 59.8 Å². The molecule has 0 bridgehead atoms. The van der Waals surface area contributed by atoms with Crippen LogP contribution in [0, 0.1) is 0 Å². The fourth-order valence-electron chi connectivity index (χ4n) is 3.50. The number of unbranched alkanes of at least 4 members (excludes halogenated alkanes) is 3. The molecular weight excluding hydrogens is 407 g/mol. The van der Waals surface area contributed by atoms with Crippen LogP contribution in [0.2, 0.25) is 12.0 Å². The van der Waals surface area contributed by atoms with E-state index in [1.165, 1.54) is 34.0 Å². The second-order valence-corrected chi connectivity index (χ2v) is 18.5. The van der Waals surface area contributed by atoms with Crippen LogP contribution in [0.4, 0.5) is 0 Å². The van der Waals surface area contributed by atoms with Gasteiger partial charge in [-0.05, 0) is 0 Å². The summed E-state index contributed by atoms with van der Waals surface area (Å²) in [5, 5.41) is 0. The van der Waals surface area contributed by atoms with Gasteiger partial charge in [-0.1, -0.05) is 39.5 Å². The molecule has 0 heterocycles. The fourth-order valence-corrected chi connectivity index (χ4v) is 12.3. The summed E-state index contributed by atoms with van der Waals surface area (Å²) < 4.78 is 3.69. The van der Waals surface area contributed by atoms with Crippen LogP contribution in [0.5, 0.6) is 0 Å². The van der Waals surface area contributed by atoms with Crippen molar-refractivity contribution in [3.63, 3.8) is 0 Å². The van der Waals surface area contributed by atoms with E-state index in [1.807, 2.05) is 0 Å². The Morgan fingerprint density at radius 1 is 0.920 bits per heavy atom. The van der Waals surface area contributed by atoms with Crippen molar-refractivity contribution in [1.29, 1.82) is 0 Å². The molecule has 1 aliphatic rings. The average Bonchev–Trinajstić information content (AvgIpc) is 2.55. The summed E-state index contributed by atoms with van der Waals surface area (Å²) in [7, 11) is 8.54. The Morgan fingerprint density at radius 2 is 1.44 bits per heavy atom. The van der Waals surface area contributed by atoms with Crippen molar-refractivity contribution in [2.24, 2.45) is 0 Å². The summed E-state index contributed by atoms with van der Waals surface area (Å²) in [6, 6.07) is 0. The van der Waals surface area contributed by atoms with Crippen molar-refractivity contribution in [3.8, 4) is 0 Å². The normalized spacial score (nSPS) is 19.6. The Labute approximate surface area is 166 Å². The third kappa shape index (κ3) is 10.4. The van der Waals surface area contributed by atoms with Crippen molar-refractivity contribution in [2.75, 3.05) is 28.2 Å². The van der Waals surface area contributed by atoms with E-state index in [0.29, 0.717) is 0 Å². The minimum absolute atomic E-state index is 0.784. The van der Waals surface area contributed by atoms with Gasteiger partial charge in [0, 0.05) is 0 Å². The molecule has 1 atom stereocenters. The number of hydrogen-bond donors (Lipinski definition) is 0. The molecule has 0 saturated heterocycles. The zero-order chi connectivity index (χ0) is 19.2. The van der Waals surface area contributed by atoms with Gasteiger partial charge in [-0.2, -0.15) is 0 Å². The molecule has 0 amide bonds. The van der Waals surface area contributed by atoms with Gasteiger partial charge in [-0.3, -0.25) is 0 Å². The molecule has 0 N–H and O–H groups in total. The van der Waals surface area contributed by atoms with E-state index in [4.69, 9.17) is 0 Å². The van der Waals surface area contributed by atoms with Crippen molar-refractivity contribution in [2.45, 2.75) is 71.8 Å². The fraction of sp³-hybridized carbons (Fsp3) is 0.727. The second-order valence-electron chi connectivity index (χ2n) is 7.63. The number of hydrogen-bond acceptors (Lipinski definition) is 2. The molecule has 144 valence electrons. The van der Waals surface area contributed by atoms with E-state index in [9.17, 15) is 0 Å². The van der Waals surface area contributed by atoms with Crippen LogP contribution in [0.3, 0.4) is 0 Å². The number of nitrogens with zero attached hydrogens (tertiary/aromatic N) is 2. The standard InChI is InChI=1S/C12H19N2.C6H14.2C2H5.In/c1-13(2)9-11-6-5-7-12(8-11)10-14(3)4;1-3-5-6-4-2;2*1-2;/h5-6,8-10H,7H2,1-4H3;3-6H2,1-2H3;2*1H2,2H3;. The molecule has 1 unspecified atom stereocenters. The van der Waals surface area contributed by atoms with Crippen molar-refractivity contribution in [3.05, 3.63) is 35.7 Å². The van der Waals surface area contributed by atoms with Gasteiger partial charge in [-0.15, -0.1) is 0 Å². The van der Waals surface area contributed by atoms with Gasteiger partial charge in [-0.25, -0.2) is 0 Å². The Balaban J connectivity index is 0.000000823. The molecule has 0 aromatic carbocycles. The minimum atomic E-state index is -1.51. The molecule has 0 aromatic rings. The Hall–Kier alpha value is -0.310. The summed E-state index contributed by atoms with van der Waals surface area (Å²) in [4.78, 5) is 4.41. The Bertz CT molecular complexity index is 414. The molecule has 0 fully saturated rings. The first-order chi connectivity index (χ1) is 11.9. The number of allylic oxidation sites excluding steroid dienone is 4. The Kier molecular flexibility index (Phi) is 14.6. The zero-order valence-corrected chi connectivity index (χ0v) is 21.6. The SMILES string of the molecule is CCCCCC.C[CH2][In]([CH2]C)[CH]1C(=CN(C)C)C=CCC1=CN(C)C. The van der Waals surface area contributed by atoms with Gasteiger partial charge in [0.2, 0.25) is 0 Å². The van der Waals surface area contributed by atoms with E-state index in [-0.39, 0.29) is 0 Å².